The van der Waals surface area contributed by atoms with E-state index in [0.717, 1.165) is 16.5 Å². The fourth-order valence-electron chi connectivity index (χ4n) is 2.07. The third-order valence-corrected chi connectivity index (χ3v) is 4.38. The molecule has 106 valence electrons. The highest BCUT2D eigenvalue weighted by Gasteiger charge is 2.13. The molecule has 0 heterocycles. The minimum absolute atomic E-state index is 0.0774. The lowest BCUT2D eigenvalue weighted by molar-refractivity contribution is 0.522. The average molecular weight is 374 g/mol. The monoisotopic (exact) mass is 372 g/mol. The van der Waals surface area contributed by atoms with E-state index in [0.29, 0.717) is 16.5 Å². The Hall–Kier alpha value is -0.580. The smallest absolute Gasteiger partial charge is 0.0453 e. The van der Waals surface area contributed by atoms with Crippen LogP contribution in [0.4, 0.5) is 0 Å². The largest absolute Gasteiger partial charge is 0.271 e. The Bertz CT molecular complexity index is 552. The average Bonchev–Trinajstić information content (AvgIpc) is 2.44. The molecule has 0 bridgehead atoms. The van der Waals surface area contributed by atoms with Crippen molar-refractivity contribution in [3.8, 4) is 0 Å². The number of hydrogen-bond donors (Lipinski definition) is 2. The second kappa shape index (κ2) is 7.43. The quantitative estimate of drug-likeness (QED) is 0.603. The van der Waals surface area contributed by atoms with Gasteiger partial charge in [0.15, 0.2) is 0 Å². The zero-order chi connectivity index (χ0) is 14.5. The molecule has 0 saturated carbocycles. The van der Waals surface area contributed by atoms with Gasteiger partial charge in [0.05, 0.1) is 0 Å². The summed E-state index contributed by atoms with van der Waals surface area (Å²) in [6.07, 6.45) is 1.50. The lowest BCUT2D eigenvalue weighted by Crippen LogP contribution is -2.38. The number of hydrogen-bond acceptors (Lipinski definition) is 2. The van der Waals surface area contributed by atoms with Crippen LogP contribution in [0.2, 0.25) is 10.0 Å². The summed E-state index contributed by atoms with van der Waals surface area (Å²) in [6.45, 7) is 0. The lowest BCUT2D eigenvalue weighted by atomic mass is 9.99. The molecular formula is C15H15BrCl2N2. The Balaban J connectivity index is 2.11. The molecule has 2 aromatic carbocycles. The van der Waals surface area contributed by atoms with E-state index in [4.69, 9.17) is 29.0 Å². The van der Waals surface area contributed by atoms with Crippen LogP contribution in [0.25, 0.3) is 0 Å². The number of benzene rings is 2. The second-order valence-electron chi connectivity index (χ2n) is 4.60. The van der Waals surface area contributed by atoms with Crippen LogP contribution in [0.3, 0.4) is 0 Å². The van der Waals surface area contributed by atoms with E-state index in [1.165, 1.54) is 5.56 Å². The molecule has 0 saturated heterocycles. The van der Waals surface area contributed by atoms with Crippen LogP contribution in [0.5, 0.6) is 0 Å². The first-order valence-corrected chi connectivity index (χ1v) is 7.78. The van der Waals surface area contributed by atoms with E-state index < -0.39 is 0 Å². The maximum Gasteiger partial charge on any atom is 0.0453 e. The van der Waals surface area contributed by atoms with E-state index in [2.05, 4.69) is 33.5 Å². The van der Waals surface area contributed by atoms with Gasteiger partial charge in [0.1, 0.15) is 0 Å². The molecule has 0 aromatic heterocycles. The summed E-state index contributed by atoms with van der Waals surface area (Å²) in [5.74, 6) is 5.65. The van der Waals surface area contributed by atoms with Crippen LogP contribution in [0.1, 0.15) is 11.1 Å². The molecule has 0 amide bonds. The van der Waals surface area contributed by atoms with Crippen molar-refractivity contribution in [3.05, 3.63) is 68.1 Å². The Morgan fingerprint density at radius 1 is 1.00 bits per heavy atom. The van der Waals surface area contributed by atoms with Gasteiger partial charge in [-0.15, -0.1) is 0 Å². The van der Waals surface area contributed by atoms with Gasteiger partial charge >= 0.3 is 0 Å². The van der Waals surface area contributed by atoms with E-state index in [-0.39, 0.29) is 6.04 Å². The Kier molecular flexibility index (Phi) is 5.87. The standard InChI is InChI=1S/C15H15BrCl2N2/c16-11-6-4-10(5-7-11)8-12(20-19)9-13-14(17)2-1-3-15(13)18/h1-7,12,20H,8-9,19H2. The van der Waals surface area contributed by atoms with Crippen LogP contribution >= 0.6 is 39.1 Å². The number of halogens is 3. The first-order chi connectivity index (χ1) is 9.60. The summed E-state index contributed by atoms with van der Waals surface area (Å²) < 4.78 is 1.06. The summed E-state index contributed by atoms with van der Waals surface area (Å²) in [4.78, 5) is 0. The molecule has 2 rings (SSSR count). The van der Waals surface area contributed by atoms with Crippen LogP contribution < -0.4 is 11.3 Å². The van der Waals surface area contributed by atoms with Crippen LogP contribution in [0.15, 0.2) is 46.9 Å². The van der Waals surface area contributed by atoms with E-state index in [1.807, 2.05) is 30.3 Å². The third-order valence-electron chi connectivity index (χ3n) is 3.14. The molecular weight excluding hydrogens is 359 g/mol. The van der Waals surface area contributed by atoms with Gasteiger partial charge in [0.25, 0.3) is 0 Å². The first kappa shape index (κ1) is 15.8. The van der Waals surface area contributed by atoms with E-state index in [9.17, 15) is 0 Å². The van der Waals surface area contributed by atoms with Crippen molar-refractivity contribution in [3.63, 3.8) is 0 Å². The Labute approximate surface area is 137 Å². The Morgan fingerprint density at radius 2 is 1.60 bits per heavy atom. The zero-order valence-electron chi connectivity index (χ0n) is 10.7. The molecule has 20 heavy (non-hydrogen) atoms. The summed E-state index contributed by atoms with van der Waals surface area (Å²) in [5.41, 5.74) is 4.97. The molecule has 0 radical (unpaired) electrons. The highest BCUT2D eigenvalue weighted by Crippen LogP contribution is 2.26. The minimum atomic E-state index is 0.0774. The van der Waals surface area contributed by atoms with E-state index in [1.54, 1.807) is 0 Å². The molecule has 3 N–H and O–H groups in total. The molecule has 0 fully saturated rings. The van der Waals surface area contributed by atoms with Crippen molar-refractivity contribution in [2.24, 2.45) is 5.84 Å². The van der Waals surface area contributed by atoms with Crippen LogP contribution in [-0.2, 0) is 12.8 Å². The molecule has 1 atom stereocenters. The van der Waals surface area contributed by atoms with E-state index >= 15 is 0 Å². The third kappa shape index (κ3) is 4.21. The predicted molar refractivity (Wildman–Crippen MR) is 89.1 cm³/mol. The molecule has 0 aliphatic rings. The van der Waals surface area contributed by atoms with Crippen molar-refractivity contribution in [2.75, 3.05) is 0 Å². The predicted octanol–water partition coefficient (Wildman–Crippen LogP) is 4.37. The number of rotatable bonds is 5. The molecule has 1 unspecified atom stereocenters. The topological polar surface area (TPSA) is 38.0 Å². The van der Waals surface area contributed by atoms with Crippen molar-refractivity contribution in [2.45, 2.75) is 18.9 Å². The zero-order valence-corrected chi connectivity index (χ0v) is 13.8. The van der Waals surface area contributed by atoms with Gasteiger partial charge in [0, 0.05) is 20.6 Å². The molecule has 2 aromatic rings. The minimum Gasteiger partial charge on any atom is -0.271 e. The summed E-state index contributed by atoms with van der Waals surface area (Å²) in [5, 5.41) is 1.35. The van der Waals surface area contributed by atoms with Gasteiger partial charge < -0.3 is 0 Å². The van der Waals surface area contributed by atoms with Gasteiger partial charge in [-0.2, -0.15) is 0 Å². The van der Waals surface area contributed by atoms with Gasteiger partial charge in [0.2, 0.25) is 0 Å². The fraction of sp³-hybridized carbons (Fsp3) is 0.200. The molecule has 0 aliphatic carbocycles. The van der Waals surface area contributed by atoms with Gasteiger partial charge in [-0.05, 0) is 48.2 Å². The lowest BCUT2D eigenvalue weighted by Gasteiger charge is -2.17. The molecule has 0 aliphatic heterocycles. The first-order valence-electron chi connectivity index (χ1n) is 6.23. The van der Waals surface area contributed by atoms with Gasteiger partial charge in [-0.3, -0.25) is 11.3 Å². The van der Waals surface area contributed by atoms with Crippen molar-refractivity contribution >= 4 is 39.1 Å². The SMILES string of the molecule is NNC(Cc1ccc(Br)cc1)Cc1c(Cl)cccc1Cl. The number of nitrogens with two attached hydrogens (primary N) is 1. The summed E-state index contributed by atoms with van der Waals surface area (Å²) in [6, 6.07) is 13.8. The normalized spacial score (nSPS) is 12.4. The fourth-order valence-corrected chi connectivity index (χ4v) is 2.88. The van der Waals surface area contributed by atoms with Gasteiger partial charge in [-0.25, -0.2) is 0 Å². The van der Waals surface area contributed by atoms with Crippen molar-refractivity contribution < 1.29 is 0 Å². The highest BCUT2D eigenvalue weighted by atomic mass is 79.9. The number of nitrogens with one attached hydrogen (secondary N) is 1. The molecule has 0 spiro atoms. The second-order valence-corrected chi connectivity index (χ2v) is 6.33. The van der Waals surface area contributed by atoms with Crippen LogP contribution in [0, 0.1) is 0 Å². The molecule has 2 nitrogen and oxygen atoms in total. The maximum atomic E-state index is 6.20. The Morgan fingerprint density at radius 3 is 2.15 bits per heavy atom. The maximum absolute atomic E-state index is 6.20. The van der Waals surface area contributed by atoms with Crippen LogP contribution in [-0.4, -0.2) is 6.04 Å². The molecule has 5 heteroatoms. The van der Waals surface area contributed by atoms with Crippen molar-refractivity contribution in [1.82, 2.24) is 5.43 Å². The highest BCUT2D eigenvalue weighted by molar-refractivity contribution is 9.10. The van der Waals surface area contributed by atoms with Gasteiger partial charge in [-0.1, -0.05) is 57.3 Å². The van der Waals surface area contributed by atoms with Crippen molar-refractivity contribution in [1.29, 1.82) is 0 Å². The summed E-state index contributed by atoms with van der Waals surface area (Å²) in [7, 11) is 0. The number of hydrazine groups is 1. The summed E-state index contributed by atoms with van der Waals surface area (Å²) >= 11 is 15.8.